The Kier molecular flexibility index (Phi) is 5.18. The van der Waals surface area contributed by atoms with Gasteiger partial charge in [-0.15, -0.1) is 0 Å². The van der Waals surface area contributed by atoms with Crippen LogP contribution < -0.4 is 10.6 Å². The summed E-state index contributed by atoms with van der Waals surface area (Å²) >= 11 is 6.03. The molecule has 2 fully saturated rings. The Balaban J connectivity index is 1.65. The minimum absolute atomic E-state index is 0.0637. The molecule has 0 spiro atoms. The van der Waals surface area contributed by atoms with Crippen molar-refractivity contribution in [2.75, 3.05) is 31.5 Å². The number of benzene rings is 1. The van der Waals surface area contributed by atoms with Gasteiger partial charge in [0, 0.05) is 18.1 Å². The van der Waals surface area contributed by atoms with Crippen molar-refractivity contribution < 1.29 is 9.59 Å². The van der Waals surface area contributed by atoms with Crippen molar-refractivity contribution in [1.29, 1.82) is 0 Å². The third-order valence-electron chi connectivity index (χ3n) is 4.29. The van der Waals surface area contributed by atoms with E-state index < -0.39 is 0 Å². The molecule has 124 valence electrons. The summed E-state index contributed by atoms with van der Waals surface area (Å²) in [7, 11) is 0. The number of rotatable bonds is 6. The molecule has 2 amide bonds. The first-order valence-corrected chi connectivity index (χ1v) is 8.60. The summed E-state index contributed by atoms with van der Waals surface area (Å²) in [5, 5.41) is 6.48. The SMILES string of the molecule is O=C(CNCC1CC1)Nc1ccc(Cl)cc1C(=O)N1CCCC1. The number of likely N-dealkylation sites (tertiary alicyclic amines) is 1. The molecule has 1 saturated heterocycles. The second-order valence-electron chi connectivity index (χ2n) is 6.31. The molecule has 1 aliphatic carbocycles. The molecular formula is C17H22ClN3O2. The molecule has 5 nitrogen and oxygen atoms in total. The van der Waals surface area contributed by atoms with Crippen LogP contribution in [0.5, 0.6) is 0 Å². The maximum Gasteiger partial charge on any atom is 0.256 e. The smallest absolute Gasteiger partial charge is 0.256 e. The highest BCUT2D eigenvalue weighted by molar-refractivity contribution is 6.31. The van der Waals surface area contributed by atoms with E-state index in [2.05, 4.69) is 10.6 Å². The van der Waals surface area contributed by atoms with Crippen LogP contribution in [0.4, 0.5) is 5.69 Å². The second kappa shape index (κ2) is 7.32. The van der Waals surface area contributed by atoms with Gasteiger partial charge >= 0.3 is 0 Å². The van der Waals surface area contributed by atoms with Crippen LogP contribution >= 0.6 is 11.6 Å². The predicted octanol–water partition coefficient (Wildman–Crippen LogP) is 2.51. The molecule has 1 aromatic rings. The van der Waals surface area contributed by atoms with Crippen LogP contribution in [0, 0.1) is 5.92 Å². The van der Waals surface area contributed by atoms with Gasteiger partial charge in [-0.3, -0.25) is 9.59 Å². The zero-order valence-corrected chi connectivity index (χ0v) is 13.9. The molecule has 6 heteroatoms. The van der Waals surface area contributed by atoms with Gasteiger partial charge in [0.2, 0.25) is 5.91 Å². The van der Waals surface area contributed by atoms with Crippen molar-refractivity contribution in [3.63, 3.8) is 0 Å². The number of carbonyl (C=O) groups excluding carboxylic acids is 2. The Morgan fingerprint density at radius 1 is 1.22 bits per heavy atom. The van der Waals surface area contributed by atoms with Crippen molar-refractivity contribution in [3.8, 4) is 0 Å². The summed E-state index contributed by atoms with van der Waals surface area (Å²) in [4.78, 5) is 26.5. The first-order chi connectivity index (χ1) is 11.1. The second-order valence-corrected chi connectivity index (χ2v) is 6.75. The fourth-order valence-electron chi connectivity index (χ4n) is 2.80. The van der Waals surface area contributed by atoms with Gasteiger partial charge in [-0.25, -0.2) is 0 Å². The number of hydrogen-bond acceptors (Lipinski definition) is 3. The van der Waals surface area contributed by atoms with E-state index in [4.69, 9.17) is 11.6 Å². The Hall–Kier alpha value is -1.59. The van der Waals surface area contributed by atoms with Gasteiger partial charge in [0.1, 0.15) is 0 Å². The van der Waals surface area contributed by atoms with E-state index in [0.29, 0.717) is 16.3 Å². The molecular weight excluding hydrogens is 314 g/mol. The third kappa shape index (κ3) is 4.45. The maximum atomic E-state index is 12.6. The number of nitrogens with zero attached hydrogens (tertiary/aromatic N) is 1. The van der Waals surface area contributed by atoms with E-state index in [-0.39, 0.29) is 18.4 Å². The lowest BCUT2D eigenvalue weighted by atomic mass is 10.1. The highest BCUT2D eigenvalue weighted by Gasteiger charge is 2.23. The van der Waals surface area contributed by atoms with E-state index in [0.717, 1.165) is 38.4 Å². The average molecular weight is 336 g/mol. The zero-order valence-electron chi connectivity index (χ0n) is 13.1. The number of nitrogens with one attached hydrogen (secondary N) is 2. The summed E-state index contributed by atoms with van der Waals surface area (Å²) in [6.45, 7) is 2.67. The number of halogens is 1. The highest BCUT2D eigenvalue weighted by Crippen LogP contribution is 2.27. The van der Waals surface area contributed by atoms with Crippen molar-refractivity contribution >= 4 is 29.1 Å². The Labute approximate surface area is 141 Å². The fraction of sp³-hybridized carbons (Fsp3) is 0.529. The van der Waals surface area contributed by atoms with Gasteiger partial charge in [-0.1, -0.05) is 11.6 Å². The predicted molar refractivity (Wildman–Crippen MR) is 90.8 cm³/mol. The quantitative estimate of drug-likeness (QED) is 0.839. The summed E-state index contributed by atoms with van der Waals surface area (Å²) in [5.41, 5.74) is 1.000. The summed E-state index contributed by atoms with van der Waals surface area (Å²) in [5.74, 6) is 0.528. The molecule has 0 atom stereocenters. The topological polar surface area (TPSA) is 61.4 Å². The van der Waals surface area contributed by atoms with Crippen LogP contribution in [0.3, 0.4) is 0 Å². The fourth-order valence-corrected chi connectivity index (χ4v) is 2.97. The van der Waals surface area contributed by atoms with Crippen LogP contribution in [-0.2, 0) is 4.79 Å². The van der Waals surface area contributed by atoms with Crippen LogP contribution in [0.2, 0.25) is 5.02 Å². The lowest BCUT2D eigenvalue weighted by Crippen LogP contribution is -2.31. The van der Waals surface area contributed by atoms with Crippen molar-refractivity contribution in [1.82, 2.24) is 10.2 Å². The van der Waals surface area contributed by atoms with Crippen LogP contribution in [0.25, 0.3) is 0 Å². The molecule has 23 heavy (non-hydrogen) atoms. The van der Waals surface area contributed by atoms with Gasteiger partial charge in [0.05, 0.1) is 17.8 Å². The van der Waals surface area contributed by atoms with Crippen molar-refractivity contribution in [3.05, 3.63) is 28.8 Å². The molecule has 1 heterocycles. The van der Waals surface area contributed by atoms with E-state index in [1.54, 1.807) is 18.2 Å². The summed E-state index contributed by atoms with van der Waals surface area (Å²) in [6, 6.07) is 5.02. The number of anilines is 1. The van der Waals surface area contributed by atoms with Crippen LogP contribution in [0.15, 0.2) is 18.2 Å². The van der Waals surface area contributed by atoms with E-state index >= 15 is 0 Å². The molecule has 0 unspecified atom stereocenters. The molecule has 2 aliphatic rings. The standard InChI is InChI=1S/C17H22ClN3O2/c18-13-5-6-15(20-16(22)11-19-10-12-3-4-12)14(9-13)17(23)21-7-1-2-8-21/h5-6,9,12,19H,1-4,7-8,10-11H2,(H,20,22). The highest BCUT2D eigenvalue weighted by atomic mass is 35.5. The molecule has 1 aliphatic heterocycles. The molecule has 0 aromatic heterocycles. The Bertz CT molecular complexity index is 596. The normalized spacial score (nSPS) is 17.3. The number of hydrogen-bond donors (Lipinski definition) is 2. The number of carbonyl (C=O) groups is 2. The first kappa shape index (κ1) is 16.3. The first-order valence-electron chi connectivity index (χ1n) is 8.23. The van der Waals surface area contributed by atoms with E-state index in [1.165, 1.54) is 12.8 Å². The third-order valence-corrected chi connectivity index (χ3v) is 4.53. The average Bonchev–Trinajstić information content (AvgIpc) is 3.19. The zero-order chi connectivity index (χ0) is 16.2. The molecule has 0 bridgehead atoms. The van der Waals surface area contributed by atoms with Crippen molar-refractivity contribution in [2.45, 2.75) is 25.7 Å². The Morgan fingerprint density at radius 2 is 1.96 bits per heavy atom. The van der Waals surface area contributed by atoms with Gasteiger partial charge in [0.25, 0.3) is 5.91 Å². The monoisotopic (exact) mass is 335 g/mol. The lowest BCUT2D eigenvalue weighted by Gasteiger charge is -2.18. The minimum atomic E-state index is -0.136. The molecule has 0 radical (unpaired) electrons. The Morgan fingerprint density at radius 3 is 2.65 bits per heavy atom. The van der Waals surface area contributed by atoms with Gasteiger partial charge in [0.15, 0.2) is 0 Å². The van der Waals surface area contributed by atoms with Crippen molar-refractivity contribution in [2.24, 2.45) is 5.92 Å². The molecule has 3 rings (SSSR count). The lowest BCUT2D eigenvalue weighted by molar-refractivity contribution is -0.115. The summed E-state index contributed by atoms with van der Waals surface area (Å²) < 4.78 is 0. The van der Waals surface area contributed by atoms with Gasteiger partial charge in [-0.2, -0.15) is 0 Å². The summed E-state index contributed by atoms with van der Waals surface area (Å²) in [6.07, 6.45) is 4.55. The molecule has 2 N–H and O–H groups in total. The minimum Gasteiger partial charge on any atom is -0.339 e. The largest absolute Gasteiger partial charge is 0.339 e. The van der Waals surface area contributed by atoms with Crippen LogP contribution in [-0.4, -0.2) is 42.9 Å². The van der Waals surface area contributed by atoms with Gasteiger partial charge < -0.3 is 15.5 Å². The maximum absolute atomic E-state index is 12.6. The molecule has 1 saturated carbocycles. The van der Waals surface area contributed by atoms with E-state index in [9.17, 15) is 9.59 Å². The van der Waals surface area contributed by atoms with Crippen LogP contribution in [0.1, 0.15) is 36.0 Å². The van der Waals surface area contributed by atoms with Gasteiger partial charge in [-0.05, 0) is 56.3 Å². The number of amides is 2. The molecule has 1 aromatic carbocycles. The van der Waals surface area contributed by atoms with E-state index in [1.807, 2.05) is 4.90 Å².